The van der Waals surface area contributed by atoms with Crippen LogP contribution >= 0.6 is 12.2 Å². The van der Waals surface area contributed by atoms with E-state index in [0.29, 0.717) is 24.7 Å². The highest BCUT2D eigenvalue weighted by Crippen LogP contribution is 2.28. The summed E-state index contributed by atoms with van der Waals surface area (Å²) in [7, 11) is 3.49. The van der Waals surface area contributed by atoms with Gasteiger partial charge in [0, 0.05) is 26.7 Å². The maximum absolute atomic E-state index is 5.74. The van der Waals surface area contributed by atoms with Crippen molar-refractivity contribution < 1.29 is 14.2 Å². The van der Waals surface area contributed by atoms with Gasteiger partial charge >= 0.3 is 0 Å². The van der Waals surface area contributed by atoms with E-state index in [9.17, 15) is 0 Å². The van der Waals surface area contributed by atoms with Gasteiger partial charge in [0.15, 0.2) is 16.6 Å². The maximum Gasteiger partial charge on any atom is 0.169 e. The lowest BCUT2D eigenvalue weighted by Crippen LogP contribution is -2.41. The molecule has 0 unspecified atom stereocenters. The molecule has 5 nitrogen and oxygen atoms in total. The minimum absolute atomic E-state index is 0.244. The molecular weight excluding hydrogens is 324 g/mol. The van der Waals surface area contributed by atoms with Gasteiger partial charge in [-0.1, -0.05) is 18.7 Å². The first-order valence-electron chi connectivity index (χ1n) is 8.16. The zero-order valence-electron chi connectivity index (χ0n) is 14.4. The first kappa shape index (κ1) is 18.5. The van der Waals surface area contributed by atoms with Gasteiger partial charge in [-0.05, 0) is 42.8 Å². The first-order valence-corrected chi connectivity index (χ1v) is 8.57. The lowest BCUT2D eigenvalue weighted by molar-refractivity contribution is 0.0898. The SMILES string of the molecule is C=CCOc1ccc(CN(C[C@@H]2CCCO2)C(=S)NC)cc1OC. The van der Waals surface area contributed by atoms with Crippen molar-refractivity contribution in [2.24, 2.45) is 0 Å². The monoisotopic (exact) mass is 350 g/mol. The molecule has 1 atom stereocenters. The summed E-state index contributed by atoms with van der Waals surface area (Å²) >= 11 is 5.45. The van der Waals surface area contributed by atoms with E-state index in [1.54, 1.807) is 13.2 Å². The van der Waals surface area contributed by atoms with Crippen LogP contribution in [0.2, 0.25) is 0 Å². The predicted molar refractivity (Wildman–Crippen MR) is 99.7 cm³/mol. The van der Waals surface area contributed by atoms with E-state index in [1.807, 2.05) is 25.2 Å². The highest BCUT2D eigenvalue weighted by Gasteiger charge is 2.21. The first-order chi connectivity index (χ1) is 11.7. The fourth-order valence-corrected chi connectivity index (χ4v) is 2.85. The summed E-state index contributed by atoms with van der Waals surface area (Å²) in [5.74, 6) is 1.42. The maximum atomic E-state index is 5.74. The lowest BCUT2D eigenvalue weighted by Gasteiger charge is -2.27. The number of ether oxygens (including phenoxy) is 3. The lowest BCUT2D eigenvalue weighted by atomic mass is 10.1. The van der Waals surface area contributed by atoms with Crippen molar-refractivity contribution in [3.05, 3.63) is 36.4 Å². The van der Waals surface area contributed by atoms with Crippen molar-refractivity contribution in [2.75, 3.05) is 33.9 Å². The number of methoxy groups -OCH3 is 1. The number of hydrogen-bond donors (Lipinski definition) is 1. The standard InChI is InChI=1S/C18H26N2O3S/c1-4-9-23-16-8-7-14(11-17(16)21-3)12-20(18(24)19-2)13-15-6-5-10-22-15/h4,7-8,11,15H,1,5-6,9-10,12-13H2,2-3H3,(H,19,24)/t15-/m0/s1. The van der Waals surface area contributed by atoms with Crippen molar-refractivity contribution >= 4 is 17.3 Å². The summed E-state index contributed by atoms with van der Waals surface area (Å²) in [5, 5.41) is 3.78. The van der Waals surface area contributed by atoms with Crippen LogP contribution in [0, 0.1) is 0 Å². The third kappa shape index (κ3) is 5.11. The Hall–Kier alpha value is -1.79. The van der Waals surface area contributed by atoms with E-state index < -0.39 is 0 Å². The number of hydrogen-bond acceptors (Lipinski definition) is 4. The van der Waals surface area contributed by atoms with Crippen LogP contribution in [0.3, 0.4) is 0 Å². The Morgan fingerprint density at radius 3 is 2.96 bits per heavy atom. The molecule has 0 saturated carbocycles. The third-order valence-electron chi connectivity index (χ3n) is 3.91. The van der Waals surface area contributed by atoms with Gasteiger partial charge in [-0.25, -0.2) is 0 Å². The molecule has 1 aliphatic rings. The van der Waals surface area contributed by atoms with Crippen molar-refractivity contribution in [1.29, 1.82) is 0 Å². The molecule has 1 saturated heterocycles. The van der Waals surface area contributed by atoms with E-state index in [-0.39, 0.29) is 6.10 Å². The molecule has 0 aliphatic carbocycles. The van der Waals surface area contributed by atoms with Gasteiger partial charge < -0.3 is 24.4 Å². The van der Waals surface area contributed by atoms with Crippen LogP contribution in [0.25, 0.3) is 0 Å². The molecule has 1 aromatic rings. The zero-order valence-corrected chi connectivity index (χ0v) is 15.2. The van der Waals surface area contributed by atoms with Gasteiger partial charge in [-0.15, -0.1) is 0 Å². The van der Waals surface area contributed by atoms with Crippen molar-refractivity contribution in [3.8, 4) is 11.5 Å². The number of nitrogens with one attached hydrogen (secondary N) is 1. The third-order valence-corrected chi connectivity index (χ3v) is 4.37. The Morgan fingerprint density at radius 2 is 2.33 bits per heavy atom. The fraction of sp³-hybridized carbons (Fsp3) is 0.500. The van der Waals surface area contributed by atoms with Crippen LogP contribution in [-0.4, -0.2) is 50.0 Å². The topological polar surface area (TPSA) is 43.0 Å². The summed E-state index contributed by atoms with van der Waals surface area (Å²) in [6.07, 6.45) is 4.16. The van der Waals surface area contributed by atoms with E-state index in [4.69, 9.17) is 26.4 Å². The quantitative estimate of drug-likeness (QED) is 0.574. The summed E-state index contributed by atoms with van der Waals surface area (Å²) in [4.78, 5) is 2.13. The summed E-state index contributed by atoms with van der Waals surface area (Å²) in [5.41, 5.74) is 1.11. The molecule has 0 aromatic heterocycles. The Morgan fingerprint density at radius 1 is 1.50 bits per heavy atom. The van der Waals surface area contributed by atoms with E-state index in [1.165, 1.54) is 0 Å². The number of thiocarbonyl (C=S) groups is 1. The van der Waals surface area contributed by atoms with Gasteiger partial charge in [-0.2, -0.15) is 0 Å². The van der Waals surface area contributed by atoms with Gasteiger partial charge in [0.1, 0.15) is 6.61 Å². The molecule has 1 N–H and O–H groups in total. The van der Waals surface area contributed by atoms with E-state index in [2.05, 4.69) is 16.8 Å². The summed E-state index contributed by atoms with van der Waals surface area (Å²) in [6, 6.07) is 5.94. The molecule has 0 radical (unpaired) electrons. The normalized spacial score (nSPS) is 16.5. The van der Waals surface area contributed by atoms with Crippen molar-refractivity contribution in [2.45, 2.75) is 25.5 Å². The van der Waals surface area contributed by atoms with Crippen molar-refractivity contribution in [1.82, 2.24) is 10.2 Å². The van der Waals surface area contributed by atoms with Crippen LogP contribution in [0.5, 0.6) is 11.5 Å². The van der Waals surface area contributed by atoms with Gasteiger partial charge in [0.25, 0.3) is 0 Å². The summed E-state index contributed by atoms with van der Waals surface area (Å²) in [6.45, 7) is 6.43. The molecule has 0 bridgehead atoms. The second-order valence-corrected chi connectivity index (χ2v) is 6.04. The molecule has 1 aliphatic heterocycles. The molecule has 24 heavy (non-hydrogen) atoms. The second-order valence-electron chi connectivity index (χ2n) is 5.66. The van der Waals surface area contributed by atoms with Gasteiger partial charge in [-0.3, -0.25) is 0 Å². The average Bonchev–Trinajstić information content (AvgIpc) is 3.12. The van der Waals surface area contributed by atoms with Crippen LogP contribution in [0.15, 0.2) is 30.9 Å². The second kappa shape index (κ2) is 9.49. The molecule has 1 aromatic carbocycles. The molecule has 6 heteroatoms. The van der Waals surface area contributed by atoms with Crippen LogP contribution in [-0.2, 0) is 11.3 Å². The molecule has 1 heterocycles. The highest BCUT2D eigenvalue weighted by molar-refractivity contribution is 7.80. The largest absolute Gasteiger partial charge is 0.493 e. The summed E-state index contributed by atoms with van der Waals surface area (Å²) < 4.78 is 16.8. The molecule has 2 rings (SSSR count). The number of rotatable bonds is 8. The van der Waals surface area contributed by atoms with Crippen LogP contribution in [0.1, 0.15) is 18.4 Å². The highest BCUT2D eigenvalue weighted by atomic mass is 32.1. The fourth-order valence-electron chi connectivity index (χ4n) is 2.71. The minimum atomic E-state index is 0.244. The smallest absolute Gasteiger partial charge is 0.169 e. The van der Waals surface area contributed by atoms with Crippen LogP contribution in [0.4, 0.5) is 0 Å². The minimum Gasteiger partial charge on any atom is -0.493 e. The predicted octanol–water partition coefficient (Wildman–Crippen LogP) is 2.75. The molecule has 132 valence electrons. The van der Waals surface area contributed by atoms with Crippen LogP contribution < -0.4 is 14.8 Å². The number of benzene rings is 1. The van der Waals surface area contributed by atoms with E-state index >= 15 is 0 Å². The van der Waals surface area contributed by atoms with Gasteiger partial charge in [0.05, 0.1) is 13.2 Å². The Balaban J connectivity index is 2.09. The molecule has 0 amide bonds. The molecular formula is C18H26N2O3S. The van der Waals surface area contributed by atoms with Gasteiger partial charge in [0.2, 0.25) is 0 Å². The zero-order chi connectivity index (χ0) is 17.4. The Kier molecular flexibility index (Phi) is 7.34. The average molecular weight is 350 g/mol. The Bertz CT molecular complexity index is 559. The van der Waals surface area contributed by atoms with Crippen molar-refractivity contribution in [3.63, 3.8) is 0 Å². The Labute approximate surface area is 149 Å². The molecule has 1 fully saturated rings. The van der Waals surface area contributed by atoms with E-state index in [0.717, 1.165) is 36.7 Å². The number of nitrogens with zero attached hydrogens (tertiary/aromatic N) is 1. The molecule has 0 spiro atoms.